The molecule has 1 N–H and O–H groups in total. The second-order valence-corrected chi connectivity index (χ2v) is 8.69. The minimum atomic E-state index is -0.210. The second kappa shape index (κ2) is 8.32. The number of benzene rings is 3. The molecule has 0 radical (unpaired) electrons. The lowest BCUT2D eigenvalue weighted by molar-refractivity contribution is 0.0652. The molecule has 6 heteroatoms. The van der Waals surface area contributed by atoms with E-state index in [1.807, 2.05) is 24.3 Å². The summed E-state index contributed by atoms with van der Waals surface area (Å²) in [6.07, 6.45) is 3.20. The highest BCUT2D eigenvalue weighted by molar-refractivity contribution is 6.31. The maximum atomic E-state index is 12.6. The Balaban J connectivity index is 1.33. The minimum Gasteiger partial charge on any atom is -0.508 e. The maximum absolute atomic E-state index is 12.6. The van der Waals surface area contributed by atoms with Gasteiger partial charge in [-0.1, -0.05) is 29.8 Å². The Morgan fingerprint density at radius 2 is 1.41 bits per heavy atom. The van der Waals surface area contributed by atoms with Gasteiger partial charge in [0.05, 0.1) is 11.1 Å². The normalized spacial score (nSPS) is 14.8. The van der Waals surface area contributed by atoms with E-state index in [1.165, 1.54) is 10.5 Å². The van der Waals surface area contributed by atoms with Crippen molar-refractivity contribution in [3.63, 3.8) is 0 Å². The first-order valence-corrected chi connectivity index (χ1v) is 11.2. The monoisotopic (exact) mass is 446 g/mol. The van der Waals surface area contributed by atoms with Gasteiger partial charge in [-0.2, -0.15) is 0 Å². The first kappa shape index (κ1) is 20.6. The lowest BCUT2D eigenvalue weighted by atomic mass is 10.0. The molecule has 162 valence electrons. The van der Waals surface area contributed by atoms with Crippen LogP contribution in [-0.4, -0.2) is 34.9 Å². The van der Waals surface area contributed by atoms with E-state index in [0.29, 0.717) is 35.7 Å². The number of carbonyl (C=O) groups excluding carboxylic acids is 2. The number of halogens is 1. The van der Waals surface area contributed by atoms with Gasteiger partial charge in [0.25, 0.3) is 11.8 Å². The van der Waals surface area contributed by atoms with Crippen molar-refractivity contribution in [3.05, 3.63) is 87.9 Å². The number of unbranched alkanes of at least 4 members (excludes halogenated alkanes) is 1. The van der Waals surface area contributed by atoms with E-state index in [9.17, 15) is 14.7 Å². The number of phenolic OH excluding ortho intramolecular Hbond substituents is 1. The number of fused-ring (bicyclic) bond motifs is 3. The zero-order valence-corrected chi connectivity index (χ0v) is 18.3. The molecule has 32 heavy (non-hydrogen) atoms. The molecule has 0 saturated carbocycles. The summed E-state index contributed by atoms with van der Waals surface area (Å²) in [4.78, 5) is 28.8. The SMILES string of the molecule is O=C1c2ccccc2C(=O)N1CCCCN1c2ccc(O)cc2CCc2ccc(Cl)cc21. The number of aryl methyl sites for hydroxylation is 2. The van der Waals surface area contributed by atoms with Crippen molar-refractivity contribution in [3.8, 4) is 5.75 Å². The van der Waals surface area contributed by atoms with Crippen LogP contribution in [0.25, 0.3) is 0 Å². The van der Waals surface area contributed by atoms with E-state index in [4.69, 9.17) is 11.6 Å². The van der Waals surface area contributed by atoms with Gasteiger partial charge in [0.2, 0.25) is 0 Å². The zero-order valence-electron chi connectivity index (χ0n) is 17.6. The molecule has 2 heterocycles. The summed E-state index contributed by atoms with van der Waals surface area (Å²) in [6, 6.07) is 18.4. The fourth-order valence-corrected chi connectivity index (χ4v) is 4.82. The van der Waals surface area contributed by atoms with Crippen molar-refractivity contribution >= 4 is 34.8 Å². The Morgan fingerprint density at radius 3 is 2.12 bits per heavy atom. The maximum Gasteiger partial charge on any atom is 0.261 e. The predicted octanol–water partition coefficient (Wildman–Crippen LogP) is 5.36. The zero-order chi connectivity index (χ0) is 22.2. The number of anilines is 2. The molecule has 0 bridgehead atoms. The number of aromatic hydroxyl groups is 1. The van der Waals surface area contributed by atoms with E-state index in [1.54, 1.807) is 30.3 Å². The van der Waals surface area contributed by atoms with Crippen LogP contribution in [0.15, 0.2) is 60.7 Å². The molecule has 3 aromatic rings. The molecule has 0 aliphatic carbocycles. The van der Waals surface area contributed by atoms with E-state index in [2.05, 4.69) is 11.0 Å². The van der Waals surface area contributed by atoms with Crippen LogP contribution in [0.4, 0.5) is 11.4 Å². The summed E-state index contributed by atoms with van der Waals surface area (Å²) in [6.45, 7) is 1.11. The first-order valence-electron chi connectivity index (χ1n) is 10.9. The van der Waals surface area contributed by atoms with Crippen LogP contribution in [0.5, 0.6) is 5.75 Å². The summed E-state index contributed by atoms with van der Waals surface area (Å²) in [5, 5.41) is 10.7. The fourth-order valence-electron chi connectivity index (χ4n) is 4.66. The molecule has 5 rings (SSSR count). The molecule has 0 spiro atoms. The molecule has 0 atom stereocenters. The van der Waals surface area contributed by atoms with Gasteiger partial charge < -0.3 is 10.0 Å². The number of hydrogen-bond acceptors (Lipinski definition) is 4. The topological polar surface area (TPSA) is 60.9 Å². The van der Waals surface area contributed by atoms with Crippen molar-refractivity contribution in [2.24, 2.45) is 0 Å². The van der Waals surface area contributed by atoms with E-state index in [0.717, 1.165) is 36.2 Å². The highest BCUT2D eigenvalue weighted by Crippen LogP contribution is 2.39. The van der Waals surface area contributed by atoms with E-state index < -0.39 is 0 Å². The summed E-state index contributed by atoms with van der Waals surface area (Å²) in [5.41, 5.74) is 5.42. The van der Waals surface area contributed by atoms with Crippen LogP contribution in [-0.2, 0) is 12.8 Å². The van der Waals surface area contributed by atoms with Crippen LogP contribution in [0.2, 0.25) is 5.02 Å². The lowest BCUT2D eigenvalue weighted by Gasteiger charge is -2.27. The van der Waals surface area contributed by atoms with Gasteiger partial charge in [-0.3, -0.25) is 14.5 Å². The minimum absolute atomic E-state index is 0.210. The van der Waals surface area contributed by atoms with Crippen LogP contribution in [0.3, 0.4) is 0 Å². The molecular formula is C26H23ClN2O3. The van der Waals surface area contributed by atoms with Crippen LogP contribution in [0, 0.1) is 0 Å². The number of imide groups is 1. The summed E-state index contributed by atoms with van der Waals surface area (Å²) in [7, 11) is 0. The molecule has 0 unspecified atom stereocenters. The second-order valence-electron chi connectivity index (χ2n) is 8.25. The fraction of sp³-hybridized carbons (Fsp3) is 0.231. The number of rotatable bonds is 5. The third-order valence-electron chi connectivity index (χ3n) is 6.25. The average molecular weight is 447 g/mol. The lowest BCUT2D eigenvalue weighted by Crippen LogP contribution is -2.31. The van der Waals surface area contributed by atoms with Gasteiger partial charge in [0, 0.05) is 29.5 Å². The van der Waals surface area contributed by atoms with Crippen molar-refractivity contribution in [2.45, 2.75) is 25.7 Å². The van der Waals surface area contributed by atoms with Gasteiger partial charge >= 0.3 is 0 Å². The average Bonchev–Trinajstić information content (AvgIpc) is 2.94. The molecule has 2 aliphatic rings. The van der Waals surface area contributed by atoms with E-state index >= 15 is 0 Å². The summed E-state index contributed by atoms with van der Waals surface area (Å²) >= 11 is 6.32. The summed E-state index contributed by atoms with van der Waals surface area (Å²) < 4.78 is 0. The number of carbonyl (C=O) groups is 2. The Labute approximate surface area is 191 Å². The molecule has 0 saturated heterocycles. The largest absolute Gasteiger partial charge is 0.508 e. The highest BCUT2D eigenvalue weighted by atomic mass is 35.5. The molecule has 0 fully saturated rings. The molecule has 3 aromatic carbocycles. The first-order chi connectivity index (χ1) is 15.5. The van der Waals surface area contributed by atoms with Gasteiger partial charge in [-0.05, 0) is 79.3 Å². The standard InChI is InChI=1S/C26H23ClN2O3/c27-19-10-9-17-7-8-18-15-20(30)11-12-23(18)28(24(17)16-19)13-3-4-14-29-25(31)21-5-1-2-6-22(21)26(29)32/h1-2,5-6,9-12,15-16,30H,3-4,7-8,13-14H2. The smallest absolute Gasteiger partial charge is 0.261 e. The van der Waals surface area contributed by atoms with E-state index in [-0.39, 0.29) is 17.6 Å². The van der Waals surface area contributed by atoms with Gasteiger partial charge in [-0.25, -0.2) is 0 Å². The van der Waals surface area contributed by atoms with Gasteiger partial charge in [0.15, 0.2) is 0 Å². The molecule has 2 aliphatic heterocycles. The molecule has 0 aromatic heterocycles. The van der Waals surface area contributed by atoms with Gasteiger partial charge in [-0.15, -0.1) is 0 Å². The predicted molar refractivity (Wildman–Crippen MR) is 125 cm³/mol. The van der Waals surface area contributed by atoms with Crippen LogP contribution < -0.4 is 4.90 Å². The Kier molecular flexibility index (Phi) is 5.35. The Morgan fingerprint density at radius 1 is 0.750 bits per heavy atom. The van der Waals surface area contributed by atoms with Crippen molar-refractivity contribution in [2.75, 3.05) is 18.0 Å². The number of amides is 2. The number of phenols is 1. The van der Waals surface area contributed by atoms with Gasteiger partial charge in [0.1, 0.15) is 5.75 Å². The molecular weight excluding hydrogens is 424 g/mol. The Hall–Kier alpha value is -3.31. The molecule has 5 nitrogen and oxygen atoms in total. The van der Waals surface area contributed by atoms with Crippen molar-refractivity contribution in [1.82, 2.24) is 4.90 Å². The van der Waals surface area contributed by atoms with Crippen LogP contribution in [0.1, 0.15) is 44.7 Å². The van der Waals surface area contributed by atoms with Crippen molar-refractivity contribution < 1.29 is 14.7 Å². The number of nitrogens with zero attached hydrogens (tertiary/aromatic N) is 2. The molecule has 2 amide bonds. The number of hydrogen-bond donors (Lipinski definition) is 1. The quantitative estimate of drug-likeness (QED) is 0.423. The Bertz CT molecular complexity index is 1190. The third kappa shape index (κ3) is 3.63. The highest BCUT2D eigenvalue weighted by Gasteiger charge is 2.34. The van der Waals surface area contributed by atoms with Crippen LogP contribution >= 0.6 is 11.6 Å². The van der Waals surface area contributed by atoms with Crippen molar-refractivity contribution in [1.29, 1.82) is 0 Å². The summed E-state index contributed by atoms with van der Waals surface area (Å²) in [5.74, 6) is -0.157. The third-order valence-corrected chi connectivity index (χ3v) is 6.48.